The topological polar surface area (TPSA) is 83.6 Å². The molecule has 2 rings (SSSR count). The largest absolute Gasteiger partial charge is 0.479 e. The maximum Gasteiger partial charge on any atom is 0.330 e. The molecule has 0 aromatic rings. The van der Waals surface area contributed by atoms with Crippen LogP contribution >= 0.6 is 11.8 Å². The maximum atomic E-state index is 11.4. The second-order valence-corrected chi connectivity index (χ2v) is 4.39. The fraction of sp³-hybridized carbons (Fsp3) is 0.500. The lowest BCUT2D eigenvalue weighted by Gasteiger charge is -2.49. The Morgan fingerprint density at radius 1 is 1.71 bits per heavy atom. The van der Waals surface area contributed by atoms with Crippen molar-refractivity contribution in [1.82, 2.24) is 4.90 Å². The molecule has 6 heteroatoms. The number of carboxylic acid groups (broad SMARTS) is 1. The third-order valence-electron chi connectivity index (χ3n) is 2.46. The number of nitrogens with zero attached hydrogens (tertiary/aromatic N) is 1. The minimum absolute atomic E-state index is 0.202. The van der Waals surface area contributed by atoms with E-state index < -0.39 is 18.1 Å². The van der Waals surface area contributed by atoms with E-state index >= 15 is 0 Å². The molecule has 0 bridgehead atoms. The van der Waals surface area contributed by atoms with E-state index in [1.807, 2.05) is 0 Å². The number of β-lactam (4-membered cyclic amide) rings is 1. The molecule has 0 saturated carbocycles. The number of hydrogen-bond donors (Lipinski definition) is 2. The number of rotatable bonds is 1. The molecule has 2 heterocycles. The molecule has 2 aliphatic rings. The molecule has 76 valence electrons. The van der Waals surface area contributed by atoms with Crippen LogP contribution in [0.1, 0.15) is 6.92 Å². The Labute approximate surface area is 84.9 Å². The van der Waals surface area contributed by atoms with Crippen molar-refractivity contribution in [2.75, 3.05) is 0 Å². The molecule has 3 N–H and O–H groups in total. The van der Waals surface area contributed by atoms with Crippen LogP contribution in [-0.4, -0.2) is 39.3 Å². The normalized spacial score (nSPS) is 35.9. The van der Waals surface area contributed by atoms with Crippen LogP contribution in [0.5, 0.6) is 0 Å². The third-order valence-corrected chi connectivity index (χ3v) is 3.76. The van der Waals surface area contributed by atoms with E-state index in [-0.39, 0.29) is 11.3 Å². The molecular weight excluding hydrogens is 204 g/mol. The molecule has 5 nitrogen and oxygen atoms in total. The molecule has 0 aromatic heterocycles. The Bertz CT molecular complexity index is 341. The number of amides is 1. The van der Waals surface area contributed by atoms with Crippen molar-refractivity contribution in [2.24, 2.45) is 5.73 Å². The summed E-state index contributed by atoms with van der Waals surface area (Å²) in [5, 5.41) is 10.5. The number of carboxylic acids is 1. The van der Waals surface area contributed by atoms with E-state index in [1.54, 1.807) is 12.3 Å². The molecule has 0 spiro atoms. The molecule has 0 aliphatic carbocycles. The van der Waals surface area contributed by atoms with E-state index in [4.69, 9.17) is 10.8 Å². The summed E-state index contributed by atoms with van der Waals surface area (Å²) in [6, 6.07) is -1.38. The molecule has 3 unspecified atom stereocenters. The van der Waals surface area contributed by atoms with Gasteiger partial charge in [-0.1, -0.05) is 0 Å². The molecule has 0 aromatic carbocycles. The van der Waals surface area contributed by atoms with E-state index in [1.165, 1.54) is 16.7 Å². The Hall–Kier alpha value is -1.01. The van der Waals surface area contributed by atoms with Crippen LogP contribution in [-0.2, 0) is 9.59 Å². The molecule has 3 atom stereocenters. The van der Waals surface area contributed by atoms with Gasteiger partial charge >= 0.3 is 5.97 Å². The predicted octanol–water partition coefficient (Wildman–Crippen LogP) is -0.414. The first-order chi connectivity index (χ1) is 6.54. The van der Waals surface area contributed by atoms with Crippen LogP contribution in [0.15, 0.2) is 11.0 Å². The predicted molar refractivity (Wildman–Crippen MR) is 51.4 cm³/mol. The number of carbonyl (C=O) groups is 2. The minimum atomic E-state index is -0.996. The zero-order valence-electron chi connectivity index (χ0n) is 7.51. The van der Waals surface area contributed by atoms with Gasteiger partial charge in [-0.25, -0.2) is 4.79 Å². The summed E-state index contributed by atoms with van der Waals surface area (Å²) in [6.45, 7) is 1.71. The highest BCUT2D eigenvalue weighted by Gasteiger charge is 2.52. The van der Waals surface area contributed by atoms with Crippen LogP contribution in [0, 0.1) is 0 Å². The monoisotopic (exact) mass is 214 g/mol. The average molecular weight is 214 g/mol. The Balaban J connectivity index is 2.31. The van der Waals surface area contributed by atoms with Crippen molar-refractivity contribution in [3.05, 3.63) is 11.0 Å². The molecule has 1 fully saturated rings. The van der Waals surface area contributed by atoms with Gasteiger partial charge in [-0.3, -0.25) is 4.79 Å². The number of fused-ring (bicyclic) bond motifs is 1. The summed E-state index contributed by atoms with van der Waals surface area (Å²) in [6.07, 6.45) is 0. The second-order valence-electron chi connectivity index (χ2n) is 3.40. The maximum absolute atomic E-state index is 11.4. The van der Waals surface area contributed by atoms with E-state index in [9.17, 15) is 9.59 Å². The van der Waals surface area contributed by atoms with E-state index in [0.29, 0.717) is 5.57 Å². The van der Waals surface area contributed by atoms with Gasteiger partial charge in [0.25, 0.3) is 0 Å². The Morgan fingerprint density at radius 3 is 2.93 bits per heavy atom. The van der Waals surface area contributed by atoms with Crippen LogP contribution in [0.4, 0.5) is 0 Å². The highest BCUT2D eigenvalue weighted by molar-refractivity contribution is 8.02. The van der Waals surface area contributed by atoms with Gasteiger partial charge in [0.05, 0.1) is 0 Å². The lowest BCUT2D eigenvalue weighted by atomic mass is 10.00. The fourth-order valence-electron chi connectivity index (χ4n) is 1.71. The molecule has 1 amide bonds. The third kappa shape index (κ3) is 1.07. The van der Waals surface area contributed by atoms with E-state index in [2.05, 4.69) is 0 Å². The Kier molecular flexibility index (Phi) is 2.04. The van der Waals surface area contributed by atoms with Crippen LogP contribution in [0.2, 0.25) is 0 Å². The zero-order chi connectivity index (χ0) is 10.5. The van der Waals surface area contributed by atoms with Crippen molar-refractivity contribution < 1.29 is 14.7 Å². The van der Waals surface area contributed by atoms with Crippen LogP contribution in [0.3, 0.4) is 0 Å². The lowest BCUT2D eigenvalue weighted by Crippen LogP contribution is -2.72. The molecule has 14 heavy (non-hydrogen) atoms. The first kappa shape index (κ1) is 9.54. The highest BCUT2D eigenvalue weighted by atomic mass is 32.2. The number of thioether (sulfide) groups is 1. The van der Waals surface area contributed by atoms with Gasteiger partial charge < -0.3 is 15.7 Å². The van der Waals surface area contributed by atoms with Gasteiger partial charge in [0.15, 0.2) is 6.04 Å². The summed E-state index contributed by atoms with van der Waals surface area (Å²) >= 11 is 1.41. The molecular formula is C8H10N2O3S. The SMILES string of the molecule is CC1=CSC2C(N)C(=O)N2C1C(=O)O. The number of nitrogens with two attached hydrogens (primary N) is 1. The van der Waals surface area contributed by atoms with Crippen molar-refractivity contribution in [1.29, 1.82) is 0 Å². The average Bonchev–Trinajstić information content (AvgIpc) is 2.15. The van der Waals surface area contributed by atoms with Gasteiger partial charge in [-0.05, 0) is 17.9 Å². The smallest absolute Gasteiger partial charge is 0.330 e. The number of carbonyl (C=O) groups excluding carboxylic acids is 1. The van der Waals surface area contributed by atoms with Crippen LogP contribution in [0.25, 0.3) is 0 Å². The zero-order valence-corrected chi connectivity index (χ0v) is 8.32. The first-order valence-electron chi connectivity index (χ1n) is 4.16. The van der Waals surface area contributed by atoms with Crippen molar-refractivity contribution >= 4 is 23.6 Å². The number of hydrogen-bond acceptors (Lipinski definition) is 4. The molecule has 2 aliphatic heterocycles. The van der Waals surface area contributed by atoms with Gasteiger partial charge in [-0.2, -0.15) is 0 Å². The van der Waals surface area contributed by atoms with Gasteiger partial charge in [0, 0.05) is 0 Å². The second kappa shape index (κ2) is 2.99. The number of aliphatic carboxylic acids is 1. The fourth-order valence-corrected chi connectivity index (χ4v) is 2.83. The minimum Gasteiger partial charge on any atom is -0.479 e. The summed E-state index contributed by atoms with van der Waals surface area (Å²) < 4.78 is 0. The molecule has 0 radical (unpaired) electrons. The highest BCUT2D eigenvalue weighted by Crippen LogP contribution is 2.38. The van der Waals surface area contributed by atoms with Crippen LogP contribution < -0.4 is 5.73 Å². The standard InChI is InChI=1S/C8H10N2O3S/c1-3-2-14-7-4(9)6(11)10(7)5(3)8(12)13/h2,4-5,7H,9H2,1H3,(H,12,13). The quantitative estimate of drug-likeness (QED) is 0.579. The summed E-state index contributed by atoms with van der Waals surface area (Å²) in [4.78, 5) is 23.6. The summed E-state index contributed by atoms with van der Waals surface area (Å²) in [5.41, 5.74) is 6.23. The Morgan fingerprint density at radius 2 is 2.36 bits per heavy atom. The summed E-state index contributed by atoms with van der Waals surface area (Å²) in [7, 11) is 0. The lowest BCUT2D eigenvalue weighted by molar-refractivity contribution is -0.157. The van der Waals surface area contributed by atoms with Crippen molar-refractivity contribution in [2.45, 2.75) is 24.4 Å². The molecule has 1 saturated heterocycles. The summed E-state index contributed by atoms with van der Waals surface area (Å²) in [5.74, 6) is -1.27. The van der Waals surface area contributed by atoms with Crippen molar-refractivity contribution in [3.8, 4) is 0 Å². The van der Waals surface area contributed by atoms with Gasteiger partial charge in [-0.15, -0.1) is 11.8 Å². The van der Waals surface area contributed by atoms with E-state index in [0.717, 1.165) is 0 Å². The first-order valence-corrected chi connectivity index (χ1v) is 5.11. The van der Waals surface area contributed by atoms with Gasteiger partial charge in [0.1, 0.15) is 11.4 Å². The van der Waals surface area contributed by atoms with Gasteiger partial charge in [0.2, 0.25) is 5.91 Å². The van der Waals surface area contributed by atoms with Crippen molar-refractivity contribution in [3.63, 3.8) is 0 Å².